The molecule has 0 amide bonds. The fraction of sp³-hybridized carbons (Fsp3) is 0.0870. The second-order valence-electron chi connectivity index (χ2n) is 6.19. The molecule has 0 radical (unpaired) electrons. The molecule has 0 saturated carbocycles. The summed E-state index contributed by atoms with van der Waals surface area (Å²) in [5, 5.41) is 16.1. The Balaban J connectivity index is 2.32. The number of ether oxygens (including phenoxy) is 1. The molecule has 6 nitrogen and oxygen atoms in total. The molecule has 0 spiro atoms. The minimum atomic E-state index is -0.919. The van der Waals surface area contributed by atoms with E-state index in [1.165, 1.54) is 6.08 Å². The highest BCUT2D eigenvalue weighted by Gasteiger charge is 2.22. The minimum absolute atomic E-state index is 0.0101. The first-order valence-corrected chi connectivity index (χ1v) is 8.91. The van der Waals surface area contributed by atoms with Gasteiger partial charge in [-0.2, -0.15) is 0 Å². The maximum absolute atomic E-state index is 11.3. The smallest absolute Gasteiger partial charge is 0.166 e. The Morgan fingerprint density at radius 3 is 2.52 bits per heavy atom. The van der Waals surface area contributed by atoms with E-state index in [1.807, 2.05) is 30.3 Å². The van der Waals surface area contributed by atoms with Gasteiger partial charge in [0.15, 0.2) is 6.29 Å². The molecule has 0 aliphatic carbocycles. The van der Waals surface area contributed by atoms with Gasteiger partial charge in [-0.05, 0) is 23.3 Å². The largest absolute Gasteiger partial charge is 0.489 e. The Kier molecular flexibility index (Phi) is 7.82. The van der Waals surface area contributed by atoms with E-state index in [-0.39, 0.29) is 17.0 Å². The Hall–Kier alpha value is -3.77. The number of benzene rings is 2. The van der Waals surface area contributed by atoms with E-state index in [2.05, 4.69) is 6.58 Å². The monoisotopic (exact) mass is 388 g/mol. The van der Waals surface area contributed by atoms with E-state index in [1.54, 1.807) is 30.3 Å². The van der Waals surface area contributed by atoms with Crippen molar-refractivity contribution >= 4 is 18.2 Å². The maximum atomic E-state index is 11.3. The second-order valence-corrected chi connectivity index (χ2v) is 6.19. The standard InChI is InChI=1S/C23H24N4O2/c1-2-7-18(13-24)23(27)21(20(25)14-28)22(26)17-10-6-11-19(12-17)29-15-16-8-4-3-5-9-16/h2-14,23-24,26H,1,15,25,27H2/b18-7+,21-20+,24-13?,26-22?. The lowest BCUT2D eigenvalue weighted by Gasteiger charge is -2.19. The number of carbonyl (C=O) groups is 1. The molecule has 6 heteroatoms. The van der Waals surface area contributed by atoms with Gasteiger partial charge in [-0.1, -0.05) is 61.2 Å². The molecule has 2 aromatic carbocycles. The normalized spacial score (nSPS) is 13.1. The van der Waals surface area contributed by atoms with Gasteiger partial charge in [0, 0.05) is 17.4 Å². The van der Waals surface area contributed by atoms with Crippen molar-refractivity contribution in [2.45, 2.75) is 12.6 Å². The van der Waals surface area contributed by atoms with Crippen LogP contribution < -0.4 is 16.2 Å². The van der Waals surface area contributed by atoms with Crippen molar-refractivity contribution in [1.82, 2.24) is 0 Å². The second kappa shape index (κ2) is 10.5. The molecule has 0 aliphatic rings. The van der Waals surface area contributed by atoms with Gasteiger partial charge in [0.25, 0.3) is 0 Å². The number of hydrogen-bond donors (Lipinski definition) is 4. The summed E-state index contributed by atoms with van der Waals surface area (Å²) in [6, 6.07) is 15.7. The van der Waals surface area contributed by atoms with Crippen LogP contribution in [0.2, 0.25) is 0 Å². The Morgan fingerprint density at radius 1 is 1.17 bits per heavy atom. The van der Waals surface area contributed by atoms with Crippen molar-refractivity contribution in [2.24, 2.45) is 11.5 Å². The van der Waals surface area contributed by atoms with Crippen LogP contribution in [-0.2, 0) is 11.4 Å². The van der Waals surface area contributed by atoms with Crippen molar-refractivity contribution < 1.29 is 9.53 Å². The molecule has 0 aromatic heterocycles. The van der Waals surface area contributed by atoms with Gasteiger partial charge in [0.05, 0.1) is 17.5 Å². The summed E-state index contributed by atoms with van der Waals surface area (Å²) in [7, 11) is 0. The van der Waals surface area contributed by atoms with Crippen LogP contribution in [0.3, 0.4) is 0 Å². The zero-order chi connectivity index (χ0) is 21.2. The van der Waals surface area contributed by atoms with E-state index in [4.69, 9.17) is 27.0 Å². The third-order valence-corrected chi connectivity index (χ3v) is 4.23. The molecule has 0 fully saturated rings. The zero-order valence-corrected chi connectivity index (χ0v) is 16.0. The molecule has 1 atom stereocenters. The predicted molar refractivity (Wildman–Crippen MR) is 116 cm³/mol. The van der Waals surface area contributed by atoms with Gasteiger partial charge in [0.2, 0.25) is 0 Å². The van der Waals surface area contributed by atoms with Crippen LogP contribution in [0.5, 0.6) is 5.75 Å². The first-order valence-electron chi connectivity index (χ1n) is 8.91. The molecule has 0 heterocycles. The van der Waals surface area contributed by atoms with Crippen LogP contribution >= 0.6 is 0 Å². The Morgan fingerprint density at radius 2 is 1.90 bits per heavy atom. The van der Waals surface area contributed by atoms with E-state index in [0.717, 1.165) is 11.8 Å². The summed E-state index contributed by atoms with van der Waals surface area (Å²) in [6.07, 6.45) is 4.53. The van der Waals surface area contributed by atoms with E-state index in [9.17, 15) is 4.79 Å². The summed E-state index contributed by atoms with van der Waals surface area (Å²) in [4.78, 5) is 11.3. The lowest BCUT2D eigenvalue weighted by molar-refractivity contribution is -0.105. The molecule has 0 aliphatic heterocycles. The summed E-state index contributed by atoms with van der Waals surface area (Å²) >= 11 is 0. The van der Waals surface area contributed by atoms with Crippen molar-refractivity contribution in [2.75, 3.05) is 0 Å². The molecule has 0 saturated heterocycles. The third-order valence-electron chi connectivity index (χ3n) is 4.23. The third kappa shape index (κ3) is 5.60. The van der Waals surface area contributed by atoms with Gasteiger partial charge < -0.3 is 21.6 Å². The highest BCUT2D eigenvalue weighted by Crippen LogP contribution is 2.21. The quantitative estimate of drug-likeness (QED) is 0.216. The number of nitrogens with two attached hydrogens (primary N) is 2. The fourth-order valence-electron chi connectivity index (χ4n) is 2.72. The zero-order valence-electron chi connectivity index (χ0n) is 16.0. The topological polar surface area (TPSA) is 126 Å². The predicted octanol–water partition coefficient (Wildman–Crippen LogP) is 3.13. The highest BCUT2D eigenvalue weighted by molar-refractivity contribution is 6.14. The number of carbonyl (C=O) groups excluding carboxylic acids is 1. The number of hydrogen-bond acceptors (Lipinski definition) is 6. The van der Waals surface area contributed by atoms with Crippen LogP contribution in [0, 0.1) is 10.8 Å². The molecule has 1 unspecified atom stereocenters. The van der Waals surface area contributed by atoms with E-state index >= 15 is 0 Å². The van der Waals surface area contributed by atoms with Crippen molar-refractivity contribution in [1.29, 1.82) is 10.8 Å². The first-order chi connectivity index (χ1) is 14.0. The maximum Gasteiger partial charge on any atom is 0.166 e. The molecule has 148 valence electrons. The van der Waals surface area contributed by atoms with Crippen LogP contribution in [-0.4, -0.2) is 24.3 Å². The van der Waals surface area contributed by atoms with E-state index in [0.29, 0.717) is 29.8 Å². The molecular weight excluding hydrogens is 364 g/mol. The molecule has 6 N–H and O–H groups in total. The van der Waals surface area contributed by atoms with Gasteiger partial charge >= 0.3 is 0 Å². The van der Waals surface area contributed by atoms with Crippen LogP contribution in [0.15, 0.2) is 90.2 Å². The van der Waals surface area contributed by atoms with Gasteiger partial charge in [-0.15, -0.1) is 0 Å². The molecule has 0 bridgehead atoms. The number of rotatable bonds is 10. The molecule has 2 rings (SSSR count). The van der Waals surface area contributed by atoms with Crippen LogP contribution in [0.4, 0.5) is 0 Å². The minimum Gasteiger partial charge on any atom is -0.489 e. The van der Waals surface area contributed by atoms with Gasteiger partial charge in [-0.3, -0.25) is 10.2 Å². The molecular formula is C23H24N4O2. The lowest BCUT2D eigenvalue weighted by atomic mass is 9.90. The molecule has 29 heavy (non-hydrogen) atoms. The summed E-state index contributed by atoms with van der Waals surface area (Å²) in [6.45, 7) is 3.98. The van der Waals surface area contributed by atoms with Gasteiger partial charge in [0.1, 0.15) is 12.4 Å². The number of allylic oxidation sites excluding steroid dienone is 3. The van der Waals surface area contributed by atoms with Crippen molar-refractivity contribution in [3.05, 3.63) is 101 Å². The van der Waals surface area contributed by atoms with E-state index < -0.39 is 6.04 Å². The van der Waals surface area contributed by atoms with Crippen molar-refractivity contribution in [3.8, 4) is 5.75 Å². The average Bonchev–Trinajstić information content (AvgIpc) is 2.76. The Bertz CT molecular complexity index is 962. The average molecular weight is 388 g/mol. The number of aldehydes is 1. The first kappa shape index (κ1) is 21.5. The lowest BCUT2D eigenvalue weighted by Crippen LogP contribution is -2.33. The number of nitrogens with one attached hydrogen (secondary N) is 2. The summed E-state index contributed by atoms with van der Waals surface area (Å²) in [5.41, 5.74) is 13.9. The summed E-state index contributed by atoms with van der Waals surface area (Å²) in [5.74, 6) is 0.572. The summed E-state index contributed by atoms with van der Waals surface area (Å²) < 4.78 is 5.81. The SMILES string of the molecule is C=C/C=C(\C=N)C(N)/C(C(=N)c1cccc(OCc2ccccc2)c1)=C(/N)C=O. The van der Waals surface area contributed by atoms with Crippen LogP contribution in [0.25, 0.3) is 0 Å². The Labute approximate surface area is 170 Å². The highest BCUT2D eigenvalue weighted by atomic mass is 16.5. The van der Waals surface area contributed by atoms with Crippen LogP contribution in [0.1, 0.15) is 11.1 Å². The van der Waals surface area contributed by atoms with Crippen molar-refractivity contribution in [3.63, 3.8) is 0 Å². The molecule has 2 aromatic rings. The fourth-order valence-corrected chi connectivity index (χ4v) is 2.72. The van der Waals surface area contributed by atoms with Gasteiger partial charge in [-0.25, -0.2) is 0 Å².